The van der Waals surface area contributed by atoms with Gasteiger partial charge in [-0.25, -0.2) is 4.98 Å². The van der Waals surface area contributed by atoms with Crippen LogP contribution in [0.3, 0.4) is 0 Å². The topological polar surface area (TPSA) is 76.4 Å². The van der Waals surface area contributed by atoms with Crippen molar-refractivity contribution in [2.45, 2.75) is 0 Å². The van der Waals surface area contributed by atoms with Crippen LogP contribution >= 0.6 is 28.1 Å². The summed E-state index contributed by atoms with van der Waals surface area (Å²) in [6, 6.07) is 24.3. The molecule has 168 valence electrons. The summed E-state index contributed by atoms with van der Waals surface area (Å²) in [6.07, 6.45) is 0. The van der Waals surface area contributed by atoms with Crippen LogP contribution in [0.25, 0.3) is 33.3 Å². The average molecular weight is 532 g/mol. The Morgan fingerprint density at radius 2 is 1.76 bits per heavy atom. The van der Waals surface area contributed by atoms with Crippen molar-refractivity contribution in [2.24, 2.45) is 0 Å². The molecule has 4 aromatic carbocycles. The van der Waals surface area contributed by atoms with Gasteiger partial charge in [0.15, 0.2) is 10.7 Å². The molecular weight excluding hydrogens is 514 g/mol. The van der Waals surface area contributed by atoms with Gasteiger partial charge >= 0.3 is 0 Å². The van der Waals surface area contributed by atoms with Gasteiger partial charge in [-0.2, -0.15) is 0 Å². The number of carbonyl (C=O) groups is 1. The predicted octanol–water partition coefficient (Wildman–Crippen LogP) is 6.55. The van der Waals surface area contributed by atoms with Crippen LogP contribution in [0.4, 0.5) is 5.69 Å². The molecule has 0 aliphatic carbocycles. The van der Waals surface area contributed by atoms with E-state index in [1.54, 1.807) is 31.4 Å². The van der Waals surface area contributed by atoms with Crippen LogP contribution in [0.1, 0.15) is 10.4 Å². The van der Waals surface area contributed by atoms with Crippen LogP contribution in [0.2, 0.25) is 0 Å². The van der Waals surface area contributed by atoms with Crippen LogP contribution in [0, 0.1) is 0 Å². The highest BCUT2D eigenvalue weighted by Gasteiger charge is 2.14. The molecule has 0 saturated heterocycles. The Kier molecular flexibility index (Phi) is 6.00. The Morgan fingerprint density at radius 3 is 2.56 bits per heavy atom. The number of carbonyl (C=O) groups excluding carboxylic acids is 1. The second-order valence-corrected chi connectivity index (χ2v) is 8.74. The largest absolute Gasteiger partial charge is 0.497 e. The van der Waals surface area contributed by atoms with E-state index in [1.165, 1.54) is 0 Å². The molecule has 34 heavy (non-hydrogen) atoms. The minimum atomic E-state index is -0.313. The summed E-state index contributed by atoms with van der Waals surface area (Å²) in [7, 11) is 1.57. The van der Waals surface area contributed by atoms with Crippen molar-refractivity contribution in [3.8, 4) is 17.2 Å². The van der Waals surface area contributed by atoms with E-state index in [0.29, 0.717) is 34.0 Å². The maximum absolute atomic E-state index is 12.4. The monoisotopic (exact) mass is 531 g/mol. The van der Waals surface area contributed by atoms with E-state index in [-0.39, 0.29) is 11.0 Å². The number of nitrogens with zero attached hydrogens (tertiary/aromatic N) is 1. The summed E-state index contributed by atoms with van der Waals surface area (Å²) in [5.41, 5.74) is 3.40. The quantitative estimate of drug-likeness (QED) is 0.256. The van der Waals surface area contributed by atoms with Gasteiger partial charge in [0.1, 0.15) is 11.3 Å². The molecule has 5 rings (SSSR count). The number of aromatic nitrogens is 1. The molecule has 6 nitrogen and oxygen atoms in total. The fourth-order valence-corrected chi connectivity index (χ4v) is 4.37. The number of fused-ring (bicyclic) bond motifs is 2. The third kappa shape index (κ3) is 4.37. The standard InChI is InChI=1S/C26H18BrN3O3S/c1-32-17-11-8-15(9-12-17)24(31)30-26(34)28-16-10-13-23-22(14-16)29-25(33-23)20-6-2-5-19-18(20)4-3-7-21(19)27/h2-14H,1H3,(H2,28,30,31,34). The number of anilines is 1. The minimum Gasteiger partial charge on any atom is -0.497 e. The molecule has 0 fully saturated rings. The van der Waals surface area contributed by atoms with Gasteiger partial charge < -0.3 is 14.5 Å². The van der Waals surface area contributed by atoms with Gasteiger partial charge in [-0.05, 0) is 77.6 Å². The summed E-state index contributed by atoms with van der Waals surface area (Å²) in [5.74, 6) is 0.895. The number of hydrogen-bond donors (Lipinski definition) is 2. The maximum Gasteiger partial charge on any atom is 0.257 e. The number of halogens is 1. The fraction of sp³-hybridized carbons (Fsp3) is 0.0385. The second kappa shape index (κ2) is 9.24. The minimum absolute atomic E-state index is 0.183. The van der Waals surface area contributed by atoms with Gasteiger partial charge in [0.2, 0.25) is 5.89 Å². The molecule has 1 amide bonds. The fourth-order valence-electron chi connectivity index (χ4n) is 3.66. The first-order valence-electron chi connectivity index (χ1n) is 10.4. The second-order valence-electron chi connectivity index (χ2n) is 7.48. The zero-order valence-corrected chi connectivity index (χ0v) is 20.4. The zero-order chi connectivity index (χ0) is 23.7. The first kappa shape index (κ1) is 22.1. The van der Waals surface area contributed by atoms with Crippen molar-refractivity contribution in [1.29, 1.82) is 0 Å². The van der Waals surface area contributed by atoms with E-state index in [4.69, 9.17) is 26.4 Å². The van der Waals surface area contributed by atoms with Crippen LogP contribution in [0.5, 0.6) is 5.75 Å². The lowest BCUT2D eigenvalue weighted by Gasteiger charge is -2.09. The first-order chi connectivity index (χ1) is 16.5. The summed E-state index contributed by atoms with van der Waals surface area (Å²) in [6.45, 7) is 0. The predicted molar refractivity (Wildman–Crippen MR) is 141 cm³/mol. The van der Waals surface area contributed by atoms with Gasteiger partial charge in [0.05, 0.1) is 7.11 Å². The Balaban J connectivity index is 1.35. The van der Waals surface area contributed by atoms with Crippen molar-refractivity contribution < 1.29 is 13.9 Å². The Hall–Kier alpha value is -3.75. The SMILES string of the molecule is COc1ccc(C(=O)NC(=S)Nc2ccc3oc(-c4cccc5c(Br)cccc45)nc3c2)cc1. The Morgan fingerprint density at radius 1 is 1.00 bits per heavy atom. The molecule has 0 aliphatic rings. The van der Waals surface area contributed by atoms with Crippen LogP contribution in [-0.2, 0) is 0 Å². The number of ether oxygens (including phenoxy) is 1. The number of rotatable bonds is 4. The number of thiocarbonyl (C=S) groups is 1. The molecular formula is C26H18BrN3O3S. The number of nitrogens with one attached hydrogen (secondary N) is 2. The highest BCUT2D eigenvalue weighted by molar-refractivity contribution is 9.10. The van der Waals surface area contributed by atoms with Crippen LogP contribution in [-0.4, -0.2) is 23.1 Å². The zero-order valence-electron chi connectivity index (χ0n) is 18.0. The number of hydrogen-bond acceptors (Lipinski definition) is 5. The van der Waals surface area contributed by atoms with Crippen molar-refractivity contribution in [2.75, 3.05) is 12.4 Å². The van der Waals surface area contributed by atoms with Gasteiger partial charge in [0.25, 0.3) is 5.91 Å². The average Bonchev–Trinajstić information content (AvgIpc) is 3.27. The molecule has 5 aromatic rings. The van der Waals surface area contributed by atoms with E-state index in [2.05, 4.69) is 32.6 Å². The van der Waals surface area contributed by atoms with E-state index < -0.39 is 0 Å². The number of oxazole rings is 1. The third-order valence-electron chi connectivity index (χ3n) is 5.32. The van der Waals surface area contributed by atoms with Gasteiger partial charge in [-0.1, -0.05) is 40.2 Å². The highest BCUT2D eigenvalue weighted by Crippen LogP contribution is 2.34. The number of methoxy groups -OCH3 is 1. The van der Waals surface area contributed by atoms with E-state index in [1.807, 2.05) is 48.5 Å². The normalized spacial score (nSPS) is 10.9. The summed E-state index contributed by atoms with van der Waals surface area (Å²) >= 11 is 8.92. The van der Waals surface area contributed by atoms with Crippen molar-refractivity contribution in [3.05, 3.63) is 88.9 Å². The first-order valence-corrected chi connectivity index (χ1v) is 11.6. The van der Waals surface area contributed by atoms with E-state index in [0.717, 1.165) is 20.8 Å². The van der Waals surface area contributed by atoms with Crippen molar-refractivity contribution >= 4 is 66.7 Å². The molecule has 0 spiro atoms. The molecule has 0 radical (unpaired) electrons. The lowest BCUT2D eigenvalue weighted by molar-refractivity contribution is 0.0977. The summed E-state index contributed by atoms with van der Waals surface area (Å²) in [5, 5.41) is 8.02. The van der Waals surface area contributed by atoms with Crippen LogP contribution in [0.15, 0.2) is 87.8 Å². The lowest BCUT2D eigenvalue weighted by atomic mass is 10.0. The molecule has 0 bridgehead atoms. The summed E-state index contributed by atoms with van der Waals surface area (Å²) < 4.78 is 12.2. The molecule has 1 aromatic heterocycles. The summed E-state index contributed by atoms with van der Waals surface area (Å²) in [4.78, 5) is 17.1. The number of amides is 1. The molecule has 0 aliphatic heterocycles. The Bertz CT molecular complexity index is 1550. The van der Waals surface area contributed by atoms with E-state index in [9.17, 15) is 4.79 Å². The molecule has 1 heterocycles. The highest BCUT2D eigenvalue weighted by atomic mass is 79.9. The van der Waals surface area contributed by atoms with Gasteiger partial charge in [-0.3, -0.25) is 10.1 Å². The van der Waals surface area contributed by atoms with Gasteiger partial charge in [-0.15, -0.1) is 0 Å². The molecule has 0 saturated carbocycles. The lowest BCUT2D eigenvalue weighted by Crippen LogP contribution is -2.34. The van der Waals surface area contributed by atoms with Crippen molar-refractivity contribution in [1.82, 2.24) is 10.3 Å². The smallest absolute Gasteiger partial charge is 0.257 e. The van der Waals surface area contributed by atoms with E-state index >= 15 is 0 Å². The molecule has 0 unspecified atom stereocenters. The molecule has 8 heteroatoms. The molecule has 0 atom stereocenters. The maximum atomic E-state index is 12.4. The number of benzene rings is 4. The molecule has 2 N–H and O–H groups in total. The van der Waals surface area contributed by atoms with Crippen LogP contribution < -0.4 is 15.4 Å². The third-order valence-corrected chi connectivity index (χ3v) is 6.22. The van der Waals surface area contributed by atoms with Crippen molar-refractivity contribution in [3.63, 3.8) is 0 Å². The Labute approximate surface area is 209 Å². The van der Waals surface area contributed by atoms with Gasteiger partial charge in [0, 0.05) is 21.3 Å².